The summed E-state index contributed by atoms with van der Waals surface area (Å²) in [5.41, 5.74) is 7.19. The van der Waals surface area contributed by atoms with Crippen molar-refractivity contribution in [1.82, 2.24) is 15.3 Å². The second-order valence-corrected chi connectivity index (χ2v) is 8.11. The zero-order chi connectivity index (χ0) is 24.2. The van der Waals surface area contributed by atoms with E-state index in [2.05, 4.69) is 59.5 Å². The van der Waals surface area contributed by atoms with E-state index in [1.807, 2.05) is 18.3 Å². The van der Waals surface area contributed by atoms with Gasteiger partial charge in [-0.15, -0.1) is 0 Å². The van der Waals surface area contributed by atoms with Gasteiger partial charge in [0.25, 0.3) is 5.91 Å². The van der Waals surface area contributed by atoms with Gasteiger partial charge in [0.15, 0.2) is 0 Å². The molecule has 0 fully saturated rings. The van der Waals surface area contributed by atoms with Gasteiger partial charge < -0.3 is 15.4 Å². The van der Waals surface area contributed by atoms with Crippen LogP contribution in [0.4, 0.5) is 13.2 Å². The Bertz CT molecular complexity index is 1150. The number of fused-ring (bicyclic) bond motifs is 1. The number of nitrogens with one attached hydrogen (secondary N) is 2. The first-order valence-electron chi connectivity index (χ1n) is 10.4. The Morgan fingerprint density at radius 3 is 2.52 bits per heavy atom. The van der Waals surface area contributed by atoms with Crippen LogP contribution in [0, 0.1) is 5.92 Å². The Hall–Kier alpha value is -3.62. The molecule has 0 saturated heterocycles. The van der Waals surface area contributed by atoms with Crippen LogP contribution < -0.4 is 5.32 Å². The lowest BCUT2D eigenvalue weighted by Crippen LogP contribution is -2.31. The van der Waals surface area contributed by atoms with E-state index in [-0.39, 0.29) is 5.91 Å². The third-order valence-electron chi connectivity index (χ3n) is 4.98. The minimum absolute atomic E-state index is 0.00409. The van der Waals surface area contributed by atoms with Crippen LogP contribution in [-0.4, -0.2) is 39.7 Å². The number of hydrogen-bond acceptors (Lipinski definition) is 3. The molecule has 0 aliphatic carbocycles. The lowest BCUT2D eigenvalue weighted by atomic mass is 9.99. The fourth-order valence-corrected chi connectivity index (χ4v) is 3.53. The molecule has 3 N–H and O–H groups in total. The van der Waals surface area contributed by atoms with E-state index < -0.39 is 12.1 Å². The molecular formula is C24H24F3N3O3. The lowest BCUT2D eigenvalue weighted by Gasteiger charge is -2.11. The molecule has 6 nitrogen and oxygen atoms in total. The van der Waals surface area contributed by atoms with Crippen LogP contribution >= 0.6 is 0 Å². The standard InChI is InChI=1S/C22H23N3O.C2HF3O2/c1-14(2)10-15-4-3-5-16(11-15)20-12-17(6-8-23-20)21-13-18-19(25-21)7-9-24-22(18)26;3-2(4,5)1(6)7/h3-6,8,11-14,25H,7,9-10H2,1-2H3,(H,24,26);(H,6,7). The average Bonchev–Trinajstić information content (AvgIpc) is 3.19. The number of carbonyl (C=O) groups excluding carboxylic acids is 1. The molecule has 2 aromatic heterocycles. The molecule has 1 aliphatic rings. The number of pyridine rings is 1. The van der Waals surface area contributed by atoms with E-state index in [1.165, 1.54) is 5.56 Å². The quantitative estimate of drug-likeness (QED) is 0.519. The van der Waals surface area contributed by atoms with E-state index in [0.29, 0.717) is 12.5 Å². The number of halogens is 3. The number of aliphatic carboxylic acids is 1. The number of nitrogens with zero attached hydrogens (tertiary/aromatic N) is 1. The Kier molecular flexibility index (Phi) is 7.20. The molecule has 0 saturated carbocycles. The fraction of sp³-hybridized carbons (Fsp3) is 0.292. The summed E-state index contributed by atoms with van der Waals surface area (Å²) in [5, 5.41) is 10.0. The number of aromatic amines is 1. The van der Waals surface area contributed by atoms with Crippen molar-refractivity contribution < 1.29 is 27.9 Å². The van der Waals surface area contributed by atoms with Crippen LogP contribution in [0.3, 0.4) is 0 Å². The van der Waals surface area contributed by atoms with Crippen molar-refractivity contribution in [2.75, 3.05) is 6.54 Å². The van der Waals surface area contributed by atoms with Gasteiger partial charge in [0, 0.05) is 41.7 Å². The number of alkyl halides is 3. The number of carbonyl (C=O) groups is 2. The van der Waals surface area contributed by atoms with Gasteiger partial charge in [-0.2, -0.15) is 13.2 Å². The topological polar surface area (TPSA) is 95.1 Å². The first kappa shape index (κ1) is 24.0. The van der Waals surface area contributed by atoms with E-state index in [9.17, 15) is 18.0 Å². The summed E-state index contributed by atoms with van der Waals surface area (Å²) in [4.78, 5) is 28.9. The molecule has 3 heterocycles. The van der Waals surface area contributed by atoms with Crippen molar-refractivity contribution in [3.8, 4) is 22.5 Å². The highest BCUT2D eigenvalue weighted by atomic mass is 19.4. The highest BCUT2D eigenvalue weighted by Crippen LogP contribution is 2.27. The molecule has 174 valence electrons. The van der Waals surface area contributed by atoms with E-state index in [4.69, 9.17) is 9.90 Å². The summed E-state index contributed by atoms with van der Waals surface area (Å²) in [6.07, 6.45) is -1.35. The number of carboxylic acid groups (broad SMARTS) is 1. The van der Waals surface area contributed by atoms with Crippen LogP contribution in [-0.2, 0) is 17.6 Å². The maximum absolute atomic E-state index is 12.0. The summed E-state index contributed by atoms with van der Waals surface area (Å²) < 4.78 is 31.7. The molecular weight excluding hydrogens is 435 g/mol. The van der Waals surface area contributed by atoms with Gasteiger partial charge in [-0.05, 0) is 42.2 Å². The van der Waals surface area contributed by atoms with Gasteiger partial charge in [-0.3, -0.25) is 9.78 Å². The minimum Gasteiger partial charge on any atom is -0.475 e. The molecule has 3 aromatic rings. The van der Waals surface area contributed by atoms with Crippen LogP contribution in [0.1, 0.15) is 35.5 Å². The van der Waals surface area contributed by atoms with Crippen molar-refractivity contribution in [3.63, 3.8) is 0 Å². The summed E-state index contributed by atoms with van der Waals surface area (Å²) in [7, 11) is 0. The maximum Gasteiger partial charge on any atom is 0.490 e. The molecule has 4 rings (SSSR count). The number of carboxylic acids is 1. The average molecular weight is 459 g/mol. The Morgan fingerprint density at radius 2 is 1.88 bits per heavy atom. The third kappa shape index (κ3) is 6.21. The number of benzene rings is 1. The van der Waals surface area contributed by atoms with Crippen LogP contribution in [0.5, 0.6) is 0 Å². The van der Waals surface area contributed by atoms with Gasteiger partial charge in [0.05, 0.1) is 11.3 Å². The van der Waals surface area contributed by atoms with Crippen molar-refractivity contribution in [3.05, 3.63) is 65.5 Å². The SMILES string of the molecule is CC(C)Cc1cccc(-c2cc(-c3cc4c([nH]3)CCNC4=O)ccn2)c1.O=C(O)C(F)(F)F. The zero-order valence-electron chi connectivity index (χ0n) is 18.2. The Morgan fingerprint density at radius 1 is 1.15 bits per heavy atom. The number of aromatic nitrogens is 2. The first-order chi connectivity index (χ1) is 15.5. The van der Waals surface area contributed by atoms with Gasteiger partial charge in [-0.25, -0.2) is 4.79 Å². The highest BCUT2D eigenvalue weighted by molar-refractivity contribution is 5.97. The van der Waals surface area contributed by atoms with Crippen molar-refractivity contribution >= 4 is 11.9 Å². The summed E-state index contributed by atoms with van der Waals surface area (Å²) in [5.74, 6) is -2.13. The van der Waals surface area contributed by atoms with Gasteiger partial charge >= 0.3 is 12.1 Å². The molecule has 0 spiro atoms. The van der Waals surface area contributed by atoms with Gasteiger partial charge in [0.1, 0.15) is 0 Å². The molecule has 1 aromatic carbocycles. The van der Waals surface area contributed by atoms with Crippen LogP contribution in [0.2, 0.25) is 0 Å². The molecule has 0 atom stereocenters. The van der Waals surface area contributed by atoms with E-state index in [0.717, 1.165) is 46.6 Å². The summed E-state index contributed by atoms with van der Waals surface area (Å²) in [6, 6.07) is 14.6. The normalized spacial score (nSPS) is 13.1. The Labute approximate surface area is 188 Å². The summed E-state index contributed by atoms with van der Waals surface area (Å²) >= 11 is 0. The number of hydrogen-bond donors (Lipinski definition) is 3. The van der Waals surface area contributed by atoms with Crippen molar-refractivity contribution in [1.29, 1.82) is 0 Å². The zero-order valence-corrected chi connectivity index (χ0v) is 18.2. The van der Waals surface area contributed by atoms with Crippen LogP contribution in [0.25, 0.3) is 22.5 Å². The lowest BCUT2D eigenvalue weighted by molar-refractivity contribution is -0.192. The van der Waals surface area contributed by atoms with E-state index in [1.54, 1.807) is 0 Å². The number of amides is 1. The molecule has 1 amide bonds. The third-order valence-corrected chi connectivity index (χ3v) is 4.98. The summed E-state index contributed by atoms with van der Waals surface area (Å²) in [6.45, 7) is 5.15. The smallest absolute Gasteiger partial charge is 0.475 e. The first-order valence-corrected chi connectivity index (χ1v) is 10.4. The van der Waals surface area contributed by atoms with Crippen LogP contribution in [0.15, 0.2) is 48.7 Å². The predicted octanol–water partition coefficient (Wildman–Crippen LogP) is 4.86. The largest absolute Gasteiger partial charge is 0.490 e. The molecule has 1 aliphatic heterocycles. The minimum atomic E-state index is -5.08. The molecule has 0 bridgehead atoms. The van der Waals surface area contributed by atoms with Gasteiger partial charge in [0.2, 0.25) is 0 Å². The second-order valence-electron chi connectivity index (χ2n) is 8.11. The molecule has 33 heavy (non-hydrogen) atoms. The monoisotopic (exact) mass is 459 g/mol. The maximum atomic E-state index is 12.0. The fourth-order valence-electron chi connectivity index (χ4n) is 3.53. The van der Waals surface area contributed by atoms with Crippen molar-refractivity contribution in [2.24, 2.45) is 5.92 Å². The van der Waals surface area contributed by atoms with E-state index >= 15 is 0 Å². The second kappa shape index (κ2) is 9.89. The predicted molar refractivity (Wildman–Crippen MR) is 118 cm³/mol. The molecule has 0 unspecified atom stereocenters. The highest BCUT2D eigenvalue weighted by Gasteiger charge is 2.38. The Balaban J connectivity index is 0.000000383. The number of rotatable bonds is 4. The van der Waals surface area contributed by atoms with Gasteiger partial charge in [-0.1, -0.05) is 32.0 Å². The van der Waals surface area contributed by atoms with Crippen molar-refractivity contribution in [2.45, 2.75) is 32.9 Å². The molecule has 0 radical (unpaired) electrons. The number of H-pyrrole nitrogens is 1. The molecule has 9 heteroatoms.